The first-order chi connectivity index (χ1) is 24.2. The maximum Gasteiger partial charge on any atom is 0.329 e. The van der Waals surface area contributed by atoms with E-state index < -0.39 is 11.5 Å². The number of nitrogens with one attached hydrogen (secondary N) is 1. The van der Waals surface area contributed by atoms with Crippen molar-refractivity contribution >= 4 is 34.9 Å². The Kier molecular flexibility index (Phi) is 10.6. The second kappa shape index (κ2) is 14.9. The number of halogens is 2. The first-order valence-electron chi connectivity index (χ1n) is 18.7. The number of hydrogen-bond acceptors (Lipinski definition) is 6. The van der Waals surface area contributed by atoms with E-state index in [1.165, 1.54) is 48.1 Å². The number of ether oxygens (including phenoxy) is 2. The summed E-state index contributed by atoms with van der Waals surface area (Å²) in [5, 5.41) is 15.3. The van der Waals surface area contributed by atoms with Crippen LogP contribution in [-0.2, 0) is 23.1 Å². The second-order valence-electron chi connectivity index (χ2n) is 15.5. The molecule has 0 unspecified atom stereocenters. The molecule has 1 saturated heterocycles. The van der Waals surface area contributed by atoms with Crippen molar-refractivity contribution in [3.63, 3.8) is 0 Å². The third-order valence-corrected chi connectivity index (χ3v) is 12.7. The lowest BCUT2D eigenvalue weighted by Crippen LogP contribution is -2.53. The summed E-state index contributed by atoms with van der Waals surface area (Å²) in [6.07, 6.45) is 12.2. The van der Waals surface area contributed by atoms with Gasteiger partial charge in [0.25, 0.3) is 0 Å². The number of benzene rings is 2. The molecule has 2 aromatic carbocycles. The molecular formula is C41H51Cl2N3O4. The van der Waals surface area contributed by atoms with E-state index in [4.69, 9.17) is 32.7 Å². The molecule has 2 fully saturated rings. The number of anilines is 1. The van der Waals surface area contributed by atoms with Crippen LogP contribution in [0, 0.1) is 11.8 Å². The molecule has 0 bridgehead atoms. The fourth-order valence-electron chi connectivity index (χ4n) is 9.51. The highest BCUT2D eigenvalue weighted by Crippen LogP contribution is 2.57. The Morgan fingerprint density at radius 1 is 1.06 bits per heavy atom. The molecule has 1 aliphatic heterocycles. The summed E-state index contributed by atoms with van der Waals surface area (Å²) in [5.41, 5.74) is 4.50. The Morgan fingerprint density at radius 3 is 2.62 bits per heavy atom. The number of aromatic nitrogens is 1. The fraction of sp³-hybridized carbons (Fsp3) is 0.561. The molecular weight excluding hydrogens is 669 g/mol. The molecule has 50 heavy (non-hydrogen) atoms. The number of aliphatic carboxylic acids is 1. The normalized spacial score (nSPS) is 26.7. The minimum Gasteiger partial charge on any atom is -0.493 e. The smallest absolute Gasteiger partial charge is 0.329 e. The zero-order chi connectivity index (χ0) is 34.9. The third kappa shape index (κ3) is 7.20. The monoisotopic (exact) mass is 719 g/mol. The van der Waals surface area contributed by atoms with Gasteiger partial charge in [-0.2, -0.15) is 0 Å². The van der Waals surface area contributed by atoms with Gasteiger partial charge >= 0.3 is 5.97 Å². The van der Waals surface area contributed by atoms with Gasteiger partial charge in [0.2, 0.25) is 0 Å². The number of carbonyl (C=O) groups is 1. The molecule has 1 saturated carbocycles. The Balaban J connectivity index is 1.13. The van der Waals surface area contributed by atoms with Gasteiger partial charge in [-0.1, -0.05) is 43.1 Å². The van der Waals surface area contributed by atoms with Gasteiger partial charge in [-0.05, 0) is 154 Å². The quantitative estimate of drug-likeness (QED) is 0.193. The van der Waals surface area contributed by atoms with Gasteiger partial charge in [0, 0.05) is 34.7 Å². The summed E-state index contributed by atoms with van der Waals surface area (Å²) in [5.74, 6) is 1.99. The maximum atomic E-state index is 13.0. The number of rotatable bonds is 12. The first kappa shape index (κ1) is 35.4. The van der Waals surface area contributed by atoms with Gasteiger partial charge in [0.15, 0.2) is 0 Å². The van der Waals surface area contributed by atoms with E-state index >= 15 is 0 Å². The molecule has 1 spiro atoms. The van der Waals surface area contributed by atoms with Crippen molar-refractivity contribution < 1.29 is 19.4 Å². The number of carboxylic acid groups (broad SMARTS) is 1. The van der Waals surface area contributed by atoms with E-state index in [0.717, 1.165) is 68.9 Å². The van der Waals surface area contributed by atoms with Gasteiger partial charge in [-0.25, -0.2) is 4.79 Å². The van der Waals surface area contributed by atoms with Gasteiger partial charge in [0.1, 0.15) is 23.6 Å². The summed E-state index contributed by atoms with van der Waals surface area (Å²) in [6, 6.07) is 13.7. The maximum absolute atomic E-state index is 13.0. The van der Waals surface area contributed by atoms with Crippen molar-refractivity contribution in [1.82, 2.24) is 9.88 Å². The van der Waals surface area contributed by atoms with Crippen LogP contribution < -0.4 is 14.8 Å². The Labute approximate surface area is 307 Å². The molecule has 3 aliphatic carbocycles. The predicted molar refractivity (Wildman–Crippen MR) is 200 cm³/mol. The van der Waals surface area contributed by atoms with E-state index in [1.54, 1.807) is 12.1 Å². The van der Waals surface area contributed by atoms with Crippen LogP contribution in [0.25, 0.3) is 0 Å². The molecule has 268 valence electrons. The molecule has 7 nitrogen and oxygen atoms in total. The predicted octanol–water partition coefficient (Wildman–Crippen LogP) is 9.33. The summed E-state index contributed by atoms with van der Waals surface area (Å²) in [4.78, 5) is 20.1. The summed E-state index contributed by atoms with van der Waals surface area (Å²) in [6.45, 7) is 8.97. The van der Waals surface area contributed by atoms with Crippen LogP contribution in [0.2, 0.25) is 10.0 Å². The zero-order valence-electron chi connectivity index (χ0n) is 29.5. The Hall–Kier alpha value is -3.00. The lowest BCUT2D eigenvalue weighted by atomic mass is 9.59. The van der Waals surface area contributed by atoms with Crippen LogP contribution >= 0.6 is 23.2 Å². The number of aryl methyl sites for hydroxylation is 1. The molecule has 2 heterocycles. The van der Waals surface area contributed by atoms with Crippen molar-refractivity contribution in [2.45, 2.75) is 101 Å². The van der Waals surface area contributed by atoms with Gasteiger partial charge in [0.05, 0.1) is 11.6 Å². The standard InChI is InChI=1S/C41H51Cl2N3O4/c1-27(26-50-36-11-16-44-35-10-5-7-28(2)38(35)36)21-30-22-29-23-34(43)37(49-20-19-46-17-3-4-18-46)25-33(29)40(30)12-14-41(15-13-40,39(47)48)45-32-9-6-8-31(42)24-32/h6,8-9,11,16,23-25,27-28,30,45H,3-5,7,10,12-15,17-22,26H2,1-2H3,(H,47,48)/t27-,28-,30+,40?,41?/m1/s1. The number of nitrogens with zero attached hydrogens (tertiary/aromatic N) is 2. The second-order valence-corrected chi connectivity index (χ2v) is 16.4. The van der Waals surface area contributed by atoms with Crippen molar-refractivity contribution in [3.05, 3.63) is 81.1 Å². The molecule has 1 aromatic heterocycles. The van der Waals surface area contributed by atoms with Crippen LogP contribution in [0.4, 0.5) is 5.69 Å². The van der Waals surface area contributed by atoms with Crippen LogP contribution in [0.5, 0.6) is 11.5 Å². The van der Waals surface area contributed by atoms with Crippen LogP contribution in [-0.4, -0.2) is 59.3 Å². The van der Waals surface area contributed by atoms with E-state index in [9.17, 15) is 9.90 Å². The van der Waals surface area contributed by atoms with Gasteiger partial charge in [-0.3, -0.25) is 9.88 Å². The van der Waals surface area contributed by atoms with Crippen molar-refractivity contribution in [1.29, 1.82) is 0 Å². The van der Waals surface area contributed by atoms with Crippen LogP contribution in [0.1, 0.15) is 99.9 Å². The highest BCUT2D eigenvalue weighted by atomic mass is 35.5. The minimum atomic E-state index is -1.07. The summed E-state index contributed by atoms with van der Waals surface area (Å²) in [7, 11) is 0. The number of carboxylic acids is 1. The van der Waals surface area contributed by atoms with Crippen molar-refractivity contribution in [2.75, 3.05) is 38.2 Å². The lowest BCUT2D eigenvalue weighted by Gasteiger charge is -2.47. The molecule has 7 rings (SSSR count). The van der Waals surface area contributed by atoms with Crippen LogP contribution in [0.15, 0.2) is 48.7 Å². The average Bonchev–Trinajstić information content (AvgIpc) is 3.71. The van der Waals surface area contributed by atoms with Crippen molar-refractivity contribution in [3.8, 4) is 11.5 Å². The number of fused-ring (bicyclic) bond motifs is 3. The Bertz CT molecular complexity index is 1680. The molecule has 0 amide bonds. The highest BCUT2D eigenvalue weighted by molar-refractivity contribution is 6.32. The summed E-state index contributed by atoms with van der Waals surface area (Å²) < 4.78 is 12.9. The number of pyridine rings is 1. The van der Waals surface area contributed by atoms with Crippen LogP contribution in [0.3, 0.4) is 0 Å². The van der Waals surface area contributed by atoms with Gasteiger partial charge in [-0.15, -0.1) is 0 Å². The van der Waals surface area contributed by atoms with Gasteiger partial charge < -0.3 is 19.9 Å². The minimum absolute atomic E-state index is 0.180. The largest absolute Gasteiger partial charge is 0.493 e. The van der Waals surface area contributed by atoms with E-state index in [1.807, 2.05) is 24.4 Å². The third-order valence-electron chi connectivity index (χ3n) is 12.2. The van der Waals surface area contributed by atoms with E-state index in [-0.39, 0.29) is 5.41 Å². The van der Waals surface area contributed by atoms with E-state index in [0.29, 0.717) is 53.9 Å². The Morgan fingerprint density at radius 2 is 1.86 bits per heavy atom. The first-order valence-corrected chi connectivity index (χ1v) is 19.5. The zero-order valence-corrected chi connectivity index (χ0v) is 31.0. The fourth-order valence-corrected chi connectivity index (χ4v) is 9.94. The topological polar surface area (TPSA) is 83.9 Å². The number of likely N-dealkylation sites (tertiary alicyclic amines) is 1. The lowest BCUT2D eigenvalue weighted by molar-refractivity contribution is -0.144. The highest BCUT2D eigenvalue weighted by Gasteiger charge is 2.54. The molecule has 0 radical (unpaired) electrons. The SMILES string of the molecule is C[C@@H](COc1ccnc2c1[C@H](C)CCC2)C[C@H]1Cc2cc(Cl)c(OCCN3CCCC3)cc2C12CCC(Nc1cccc(Cl)c1)(C(=O)O)CC2. The summed E-state index contributed by atoms with van der Waals surface area (Å²) >= 11 is 13.2. The average molecular weight is 721 g/mol. The molecule has 2 N–H and O–H groups in total. The molecule has 4 aliphatic rings. The molecule has 3 aromatic rings. The van der Waals surface area contributed by atoms with Crippen molar-refractivity contribution in [2.24, 2.45) is 11.8 Å². The molecule has 9 heteroatoms. The number of hydrogen-bond donors (Lipinski definition) is 2. The van der Waals surface area contributed by atoms with E-state index in [2.05, 4.69) is 41.2 Å². The molecule has 3 atom stereocenters.